The van der Waals surface area contributed by atoms with Gasteiger partial charge >= 0.3 is 11.4 Å². The van der Waals surface area contributed by atoms with Crippen molar-refractivity contribution in [1.29, 1.82) is 0 Å². The van der Waals surface area contributed by atoms with Gasteiger partial charge in [-0.25, -0.2) is 23.5 Å². The number of benzene rings is 1. The van der Waals surface area contributed by atoms with Crippen LogP contribution in [0.1, 0.15) is 29.5 Å². The van der Waals surface area contributed by atoms with Gasteiger partial charge in [0.25, 0.3) is 0 Å². The number of phenols is 1. The lowest BCUT2D eigenvalue weighted by Crippen LogP contribution is -2.40. The van der Waals surface area contributed by atoms with Crippen LogP contribution >= 0.6 is 15.9 Å². The van der Waals surface area contributed by atoms with Crippen LogP contribution < -0.4 is 11.4 Å². The molecule has 31 heavy (non-hydrogen) atoms. The van der Waals surface area contributed by atoms with Crippen LogP contribution in [0.2, 0.25) is 0 Å². The highest BCUT2D eigenvalue weighted by molar-refractivity contribution is 9.12. The van der Waals surface area contributed by atoms with Crippen LogP contribution in [0.5, 0.6) is 5.75 Å². The Morgan fingerprint density at radius 2 is 1.87 bits per heavy atom. The number of aromatic nitrogens is 3. The first kappa shape index (κ1) is 19.7. The number of rotatable bonds is 1. The van der Waals surface area contributed by atoms with Gasteiger partial charge in [0, 0.05) is 36.6 Å². The maximum atomic E-state index is 13.0. The number of halogens is 1. The van der Waals surface area contributed by atoms with E-state index in [1.165, 1.54) is 22.5 Å². The maximum Gasteiger partial charge on any atom is 0.347 e. The van der Waals surface area contributed by atoms with Gasteiger partial charge in [-0.15, -0.1) is 0 Å². The summed E-state index contributed by atoms with van der Waals surface area (Å²) in [5.74, 6) is -0.987. The Labute approximate surface area is 184 Å². The summed E-state index contributed by atoms with van der Waals surface area (Å²) in [6.07, 6.45) is 3.30. The number of aromatic hydroxyl groups is 1. The maximum absolute atomic E-state index is 13.0. The molecule has 0 radical (unpaired) electrons. The van der Waals surface area contributed by atoms with Gasteiger partial charge in [0.05, 0.1) is 17.1 Å². The number of fused-ring (bicyclic) bond motifs is 3. The first-order valence-corrected chi connectivity index (χ1v) is 10.6. The van der Waals surface area contributed by atoms with Crippen LogP contribution in [0.15, 0.2) is 61.1 Å². The molecule has 0 spiro atoms. The molecule has 2 heterocycles. The third-order valence-corrected chi connectivity index (χ3v) is 6.93. The lowest BCUT2D eigenvalue weighted by molar-refractivity contribution is -0.115. The molecule has 1 aromatic carbocycles. The SMILES string of the molecule is Cc1cc(C2C3=CCn4c(=O)n(C)c(=O)n4C3CC3=C2C(=O)C=C(Br)C3=O)ccc1O. The average molecular weight is 484 g/mol. The van der Waals surface area contributed by atoms with E-state index in [-0.39, 0.29) is 34.8 Å². The summed E-state index contributed by atoms with van der Waals surface area (Å²) in [5.41, 5.74) is 2.02. The molecule has 9 heteroatoms. The number of carbonyl (C=O) groups excluding carboxylic acids is 2. The molecule has 3 aliphatic rings. The number of phenolic OH excluding ortho intramolecular Hbond substituents is 1. The summed E-state index contributed by atoms with van der Waals surface area (Å²) in [7, 11) is 1.42. The minimum Gasteiger partial charge on any atom is -0.508 e. The molecule has 1 aliphatic heterocycles. The normalized spacial score (nSPS) is 22.5. The third-order valence-electron chi connectivity index (χ3n) is 6.34. The Morgan fingerprint density at radius 3 is 2.58 bits per heavy atom. The quantitative estimate of drug-likeness (QED) is 0.491. The van der Waals surface area contributed by atoms with Crippen molar-refractivity contribution in [3.8, 4) is 5.75 Å². The van der Waals surface area contributed by atoms with Gasteiger partial charge in [-0.2, -0.15) is 0 Å². The summed E-state index contributed by atoms with van der Waals surface area (Å²) < 4.78 is 3.98. The molecule has 2 atom stereocenters. The summed E-state index contributed by atoms with van der Waals surface area (Å²) >= 11 is 3.18. The van der Waals surface area contributed by atoms with E-state index in [0.29, 0.717) is 16.7 Å². The summed E-state index contributed by atoms with van der Waals surface area (Å²) in [5, 5.41) is 9.99. The van der Waals surface area contributed by atoms with Gasteiger partial charge < -0.3 is 5.11 Å². The summed E-state index contributed by atoms with van der Waals surface area (Å²) in [6.45, 7) is 1.95. The molecule has 5 rings (SSSR count). The predicted molar refractivity (Wildman–Crippen MR) is 115 cm³/mol. The van der Waals surface area contributed by atoms with E-state index in [1.807, 2.05) is 6.08 Å². The van der Waals surface area contributed by atoms with Crippen LogP contribution in [0.4, 0.5) is 0 Å². The van der Waals surface area contributed by atoms with Gasteiger partial charge in [0.1, 0.15) is 5.75 Å². The zero-order chi connectivity index (χ0) is 22.2. The molecule has 158 valence electrons. The first-order chi connectivity index (χ1) is 14.7. The zero-order valence-electron chi connectivity index (χ0n) is 16.8. The van der Waals surface area contributed by atoms with E-state index in [1.54, 1.807) is 25.1 Å². The second-order valence-corrected chi connectivity index (χ2v) is 8.89. The van der Waals surface area contributed by atoms with Crippen LogP contribution in [-0.4, -0.2) is 30.6 Å². The Kier molecular flexibility index (Phi) is 4.23. The van der Waals surface area contributed by atoms with Crippen molar-refractivity contribution in [2.45, 2.75) is 31.8 Å². The Balaban J connectivity index is 1.80. The van der Waals surface area contributed by atoms with Crippen molar-refractivity contribution in [1.82, 2.24) is 13.9 Å². The topological polar surface area (TPSA) is 103 Å². The number of ketones is 2. The number of hydrogen-bond donors (Lipinski definition) is 1. The molecule has 2 aromatic rings. The van der Waals surface area contributed by atoms with Gasteiger partial charge in [-0.1, -0.05) is 18.2 Å². The number of Topliss-reactive ketones (excluding diaryl/α,β-unsaturated/α-hetero) is 1. The second kappa shape index (κ2) is 6.65. The van der Waals surface area contributed by atoms with E-state index in [4.69, 9.17) is 0 Å². The number of carbonyl (C=O) groups is 2. The number of allylic oxidation sites excluding steroid dienone is 6. The zero-order valence-corrected chi connectivity index (χ0v) is 18.3. The number of hydrogen-bond acceptors (Lipinski definition) is 5. The molecule has 0 fully saturated rings. The molecule has 0 saturated carbocycles. The smallest absolute Gasteiger partial charge is 0.347 e. The standard InChI is InChI=1S/C22H18BrN3O5/c1-10-7-11(3-4-16(10)27)18-12-5-6-25-21(30)24(2)22(31)26(25)15(12)8-13-19(18)17(28)9-14(23)20(13)29/h3-5,7,9,15,18,27H,6,8H2,1-2H3. The molecule has 1 N–H and O–H groups in total. The average Bonchev–Trinajstić information content (AvgIpc) is 2.97. The lowest BCUT2D eigenvalue weighted by atomic mass is 9.68. The highest BCUT2D eigenvalue weighted by Gasteiger charge is 2.44. The van der Waals surface area contributed by atoms with Gasteiger partial charge in [0.2, 0.25) is 0 Å². The van der Waals surface area contributed by atoms with Crippen molar-refractivity contribution in [2.24, 2.45) is 7.05 Å². The van der Waals surface area contributed by atoms with E-state index in [2.05, 4.69) is 15.9 Å². The van der Waals surface area contributed by atoms with Crippen LogP contribution in [0.25, 0.3) is 0 Å². The molecular weight excluding hydrogens is 466 g/mol. The fraction of sp³-hybridized carbons (Fsp3) is 0.273. The Hall–Kier alpha value is -3.20. The molecular formula is C22H18BrN3O5. The summed E-state index contributed by atoms with van der Waals surface area (Å²) in [4.78, 5) is 51.4. The molecule has 0 saturated heterocycles. The van der Waals surface area contributed by atoms with Crippen molar-refractivity contribution in [3.05, 3.63) is 83.6 Å². The van der Waals surface area contributed by atoms with Gasteiger partial charge in [-0.05, 0) is 45.6 Å². The van der Waals surface area contributed by atoms with Crippen molar-refractivity contribution in [3.63, 3.8) is 0 Å². The van der Waals surface area contributed by atoms with Crippen LogP contribution in [0.3, 0.4) is 0 Å². The summed E-state index contributed by atoms with van der Waals surface area (Å²) in [6, 6.07) is 4.50. The fourth-order valence-electron chi connectivity index (χ4n) is 4.83. The van der Waals surface area contributed by atoms with Gasteiger partial charge in [-0.3, -0.25) is 9.59 Å². The molecule has 1 aromatic heterocycles. The molecule has 0 bridgehead atoms. The molecule has 0 amide bonds. The fourth-order valence-corrected chi connectivity index (χ4v) is 5.27. The molecule has 8 nitrogen and oxygen atoms in total. The lowest BCUT2D eigenvalue weighted by Gasteiger charge is -2.39. The second-order valence-electron chi connectivity index (χ2n) is 8.03. The molecule has 2 aliphatic carbocycles. The van der Waals surface area contributed by atoms with E-state index in [9.17, 15) is 24.3 Å². The van der Waals surface area contributed by atoms with Crippen LogP contribution in [-0.2, 0) is 23.2 Å². The monoisotopic (exact) mass is 483 g/mol. The first-order valence-electron chi connectivity index (χ1n) is 9.77. The largest absolute Gasteiger partial charge is 0.508 e. The number of nitrogens with zero attached hydrogens (tertiary/aromatic N) is 3. The Bertz CT molecular complexity index is 1420. The van der Waals surface area contributed by atoms with E-state index in [0.717, 1.165) is 15.7 Å². The number of aryl methyl sites for hydroxylation is 1. The van der Waals surface area contributed by atoms with Crippen molar-refractivity contribution >= 4 is 27.5 Å². The minimum absolute atomic E-state index is 0.129. The van der Waals surface area contributed by atoms with Crippen molar-refractivity contribution in [2.75, 3.05) is 0 Å². The highest BCUT2D eigenvalue weighted by Crippen LogP contribution is 2.50. The van der Waals surface area contributed by atoms with Gasteiger partial charge in [0.15, 0.2) is 11.6 Å². The van der Waals surface area contributed by atoms with E-state index >= 15 is 0 Å². The Morgan fingerprint density at radius 1 is 1.13 bits per heavy atom. The minimum atomic E-state index is -0.567. The van der Waals surface area contributed by atoms with Crippen LogP contribution in [0, 0.1) is 6.92 Å². The van der Waals surface area contributed by atoms with E-state index < -0.39 is 23.3 Å². The third kappa shape index (κ3) is 2.65. The predicted octanol–water partition coefficient (Wildman–Crippen LogP) is 1.76. The van der Waals surface area contributed by atoms with Crippen molar-refractivity contribution < 1.29 is 14.7 Å². The molecule has 2 unspecified atom stereocenters. The highest BCUT2D eigenvalue weighted by atomic mass is 79.9.